The second kappa shape index (κ2) is 4.15. The van der Waals surface area contributed by atoms with Crippen LogP contribution >= 0.6 is 0 Å². The number of aryl methyl sites for hydroxylation is 1. The van der Waals surface area contributed by atoms with Gasteiger partial charge >= 0.3 is 5.97 Å². The zero-order valence-corrected chi connectivity index (χ0v) is 9.39. The van der Waals surface area contributed by atoms with Crippen molar-refractivity contribution in [2.45, 2.75) is 26.2 Å². The summed E-state index contributed by atoms with van der Waals surface area (Å²) in [6.07, 6.45) is 1.23. The van der Waals surface area contributed by atoms with Crippen LogP contribution in [0.1, 0.15) is 24.6 Å². The zero-order chi connectivity index (χ0) is 12.5. The summed E-state index contributed by atoms with van der Waals surface area (Å²) in [7, 11) is 0. The number of hydrogen-bond donors (Lipinski definition) is 2. The molecule has 1 aliphatic rings. The first-order valence-corrected chi connectivity index (χ1v) is 5.35. The number of rotatable bonds is 5. The van der Waals surface area contributed by atoms with E-state index in [1.54, 1.807) is 6.92 Å². The Labute approximate surface area is 97.2 Å². The number of amides is 1. The molecule has 1 aliphatic carbocycles. The smallest absolute Gasteiger partial charge is 0.319 e. The maximum Gasteiger partial charge on any atom is 0.319 e. The quantitative estimate of drug-likeness (QED) is 0.695. The fourth-order valence-corrected chi connectivity index (χ4v) is 1.56. The summed E-state index contributed by atoms with van der Waals surface area (Å²) in [5.74, 6) is -0.511. The maximum atomic E-state index is 11.6. The lowest BCUT2D eigenvalue weighted by molar-refractivity contribution is -0.149. The van der Waals surface area contributed by atoms with Gasteiger partial charge in [0.25, 0.3) is 0 Å². The molecule has 0 saturated heterocycles. The van der Waals surface area contributed by atoms with Gasteiger partial charge in [-0.1, -0.05) is 5.16 Å². The van der Waals surface area contributed by atoms with E-state index in [0.717, 1.165) is 0 Å². The van der Waals surface area contributed by atoms with E-state index in [1.807, 2.05) is 0 Å². The van der Waals surface area contributed by atoms with Gasteiger partial charge < -0.3 is 14.9 Å². The van der Waals surface area contributed by atoms with E-state index in [1.165, 1.54) is 0 Å². The van der Waals surface area contributed by atoms with Crippen molar-refractivity contribution in [2.75, 3.05) is 6.54 Å². The van der Waals surface area contributed by atoms with E-state index in [-0.39, 0.29) is 0 Å². The Bertz CT molecular complexity index is 450. The number of carbonyl (C=O) groups excluding carboxylic acids is 1. The summed E-state index contributed by atoms with van der Waals surface area (Å²) in [6, 6.07) is 0. The molecule has 92 valence electrons. The predicted molar refractivity (Wildman–Crippen MR) is 55.1 cm³/mol. The van der Waals surface area contributed by atoms with Crippen LogP contribution in [0.15, 0.2) is 4.52 Å². The highest BCUT2D eigenvalue weighted by Crippen LogP contribution is 2.45. The Morgan fingerprint density at radius 2 is 2.24 bits per heavy atom. The second-order valence-corrected chi connectivity index (χ2v) is 4.13. The van der Waals surface area contributed by atoms with Crippen LogP contribution in [0.2, 0.25) is 0 Å². The summed E-state index contributed by atoms with van der Waals surface area (Å²) in [6.45, 7) is 2.00. The fraction of sp³-hybridized carbons (Fsp3) is 0.600. The topological polar surface area (TPSA) is 105 Å². The third-order valence-electron chi connectivity index (χ3n) is 2.79. The highest BCUT2D eigenvalue weighted by atomic mass is 16.5. The summed E-state index contributed by atoms with van der Waals surface area (Å²) in [4.78, 5) is 26.4. The second-order valence-electron chi connectivity index (χ2n) is 4.13. The molecule has 2 N–H and O–H groups in total. The summed E-state index contributed by atoms with van der Waals surface area (Å²) < 4.78 is 4.87. The van der Waals surface area contributed by atoms with Crippen LogP contribution in [0.4, 0.5) is 0 Å². The van der Waals surface area contributed by atoms with Gasteiger partial charge in [-0.25, -0.2) is 0 Å². The average molecular weight is 239 g/mol. The lowest BCUT2D eigenvalue weighted by Gasteiger charge is -2.09. The molecule has 1 amide bonds. The third-order valence-corrected chi connectivity index (χ3v) is 2.79. The number of carboxylic acids is 1. The molecule has 0 aliphatic heterocycles. The van der Waals surface area contributed by atoms with Crippen LogP contribution in [0, 0.1) is 12.3 Å². The number of aromatic nitrogens is 2. The standard InChI is InChI=1S/C10H13N3O4/c1-6-12-7(17-13-6)2-5-11-8(14)10(3-4-10)9(15)16/h2-5H2,1H3,(H,11,14)(H,15,16). The number of nitrogens with zero attached hydrogens (tertiary/aromatic N) is 2. The maximum absolute atomic E-state index is 11.6. The first-order valence-electron chi connectivity index (χ1n) is 5.35. The minimum absolute atomic E-state index is 0.301. The van der Waals surface area contributed by atoms with Crippen LogP contribution in [0.3, 0.4) is 0 Å². The molecular formula is C10H13N3O4. The normalized spacial score (nSPS) is 16.5. The van der Waals surface area contributed by atoms with E-state index < -0.39 is 17.3 Å². The molecule has 0 radical (unpaired) electrons. The molecule has 0 atom stereocenters. The molecule has 1 heterocycles. The van der Waals surface area contributed by atoms with E-state index in [9.17, 15) is 9.59 Å². The molecule has 0 spiro atoms. The molecule has 7 nitrogen and oxygen atoms in total. The van der Waals surface area contributed by atoms with Crippen LogP contribution in [0.5, 0.6) is 0 Å². The van der Waals surface area contributed by atoms with Gasteiger partial charge in [0, 0.05) is 13.0 Å². The third kappa shape index (κ3) is 2.27. The van der Waals surface area contributed by atoms with Crippen LogP contribution < -0.4 is 5.32 Å². The van der Waals surface area contributed by atoms with Crippen molar-refractivity contribution in [1.29, 1.82) is 0 Å². The molecule has 0 aromatic carbocycles. The van der Waals surface area contributed by atoms with Gasteiger partial charge in [0.05, 0.1) is 0 Å². The molecule has 0 bridgehead atoms. The summed E-state index contributed by atoms with van der Waals surface area (Å²) in [5.41, 5.74) is -1.19. The minimum atomic E-state index is -1.19. The molecule has 1 fully saturated rings. The highest BCUT2D eigenvalue weighted by Gasteiger charge is 2.56. The van der Waals surface area contributed by atoms with Crippen molar-refractivity contribution in [3.63, 3.8) is 0 Å². The summed E-state index contributed by atoms with van der Waals surface area (Å²) in [5, 5.41) is 15.1. The number of carbonyl (C=O) groups is 2. The van der Waals surface area contributed by atoms with Gasteiger partial charge in [0.1, 0.15) is 5.41 Å². The highest BCUT2D eigenvalue weighted by molar-refractivity contribution is 6.04. The zero-order valence-electron chi connectivity index (χ0n) is 9.39. The van der Waals surface area contributed by atoms with Crippen LogP contribution in [0.25, 0.3) is 0 Å². The number of nitrogens with one attached hydrogen (secondary N) is 1. The van der Waals surface area contributed by atoms with Gasteiger partial charge in [0.15, 0.2) is 5.82 Å². The van der Waals surface area contributed by atoms with Crippen molar-refractivity contribution in [3.05, 3.63) is 11.7 Å². The van der Waals surface area contributed by atoms with Gasteiger partial charge in [-0.15, -0.1) is 0 Å². The summed E-state index contributed by atoms with van der Waals surface area (Å²) >= 11 is 0. The molecule has 1 saturated carbocycles. The molecule has 1 aromatic rings. The van der Waals surface area contributed by atoms with E-state index in [2.05, 4.69) is 15.5 Å². The molecular weight excluding hydrogens is 226 g/mol. The molecule has 7 heteroatoms. The Morgan fingerprint density at radius 3 is 2.71 bits per heavy atom. The molecule has 0 unspecified atom stereocenters. The first kappa shape index (κ1) is 11.6. The minimum Gasteiger partial charge on any atom is -0.480 e. The number of hydrogen-bond acceptors (Lipinski definition) is 5. The Hall–Kier alpha value is -1.92. The van der Waals surface area contributed by atoms with Crippen molar-refractivity contribution in [3.8, 4) is 0 Å². The number of aliphatic carboxylic acids is 1. The van der Waals surface area contributed by atoms with Gasteiger partial charge in [0.2, 0.25) is 11.8 Å². The van der Waals surface area contributed by atoms with Crippen LogP contribution in [-0.4, -0.2) is 33.7 Å². The van der Waals surface area contributed by atoms with E-state index in [0.29, 0.717) is 37.5 Å². The first-order chi connectivity index (χ1) is 8.04. The van der Waals surface area contributed by atoms with Crippen LogP contribution in [-0.2, 0) is 16.0 Å². The fourth-order valence-electron chi connectivity index (χ4n) is 1.56. The largest absolute Gasteiger partial charge is 0.480 e. The Morgan fingerprint density at radius 1 is 1.53 bits per heavy atom. The molecule has 2 rings (SSSR count). The molecule has 17 heavy (non-hydrogen) atoms. The monoisotopic (exact) mass is 239 g/mol. The van der Waals surface area contributed by atoms with E-state index in [4.69, 9.17) is 9.63 Å². The van der Waals surface area contributed by atoms with Crippen molar-refractivity contribution in [1.82, 2.24) is 15.5 Å². The lowest BCUT2D eigenvalue weighted by atomic mass is 10.1. The van der Waals surface area contributed by atoms with Crippen molar-refractivity contribution in [2.24, 2.45) is 5.41 Å². The Balaban J connectivity index is 1.79. The SMILES string of the molecule is Cc1noc(CCNC(=O)C2(C(=O)O)CC2)n1. The number of carboxylic acid groups (broad SMARTS) is 1. The van der Waals surface area contributed by atoms with E-state index >= 15 is 0 Å². The lowest BCUT2D eigenvalue weighted by Crippen LogP contribution is -2.37. The average Bonchev–Trinajstić information content (AvgIpc) is 2.99. The molecule has 1 aromatic heterocycles. The van der Waals surface area contributed by atoms with Gasteiger partial charge in [-0.2, -0.15) is 4.98 Å². The Kier molecular flexibility index (Phi) is 2.83. The van der Waals surface area contributed by atoms with Gasteiger partial charge in [-0.3, -0.25) is 9.59 Å². The predicted octanol–water partition coefficient (Wildman–Crippen LogP) is -0.0985. The van der Waals surface area contributed by atoms with Crippen molar-refractivity contribution < 1.29 is 19.2 Å². The van der Waals surface area contributed by atoms with Gasteiger partial charge in [-0.05, 0) is 19.8 Å². The van der Waals surface area contributed by atoms with Crippen molar-refractivity contribution >= 4 is 11.9 Å².